The second-order valence-electron chi connectivity index (χ2n) is 8.74. The molecule has 1 N–H and O–H groups in total. The number of hydrogen-bond donors (Lipinski definition) is 1. The van der Waals surface area contributed by atoms with E-state index in [2.05, 4.69) is 0 Å². The van der Waals surface area contributed by atoms with Crippen LogP contribution in [0, 0.1) is 24.2 Å². The average Bonchev–Trinajstić information content (AvgIpc) is 2.52. The standard InChI is InChI=1S/C21H26O4/c1-13-3-5-17(6-4-13)18(22)14(2)25-19(23)20-8-15-7-16(9-20)11-21(24,10-15)12-20/h3-6,14-16,24H,7-12H2,1-2H3. The lowest BCUT2D eigenvalue weighted by Gasteiger charge is -2.58. The molecule has 25 heavy (non-hydrogen) atoms. The molecular formula is C21H26O4. The second-order valence-corrected chi connectivity index (χ2v) is 8.74. The molecule has 3 unspecified atom stereocenters. The second kappa shape index (κ2) is 5.66. The molecule has 1 aromatic carbocycles. The molecule has 4 heteroatoms. The van der Waals surface area contributed by atoms with Gasteiger partial charge in [0.05, 0.1) is 11.0 Å². The van der Waals surface area contributed by atoms with Gasteiger partial charge in [-0.2, -0.15) is 0 Å². The Morgan fingerprint density at radius 3 is 2.28 bits per heavy atom. The summed E-state index contributed by atoms with van der Waals surface area (Å²) in [5, 5.41) is 10.8. The predicted octanol–water partition coefficient (Wildman–Crippen LogP) is 3.44. The first-order valence-electron chi connectivity index (χ1n) is 9.33. The SMILES string of the molecule is Cc1ccc(C(=O)C(C)OC(=O)C23CC4CC(CC(O)(C4)C2)C3)cc1. The van der Waals surface area contributed by atoms with Gasteiger partial charge in [-0.25, -0.2) is 0 Å². The number of rotatable bonds is 4. The Balaban J connectivity index is 1.48. The summed E-state index contributed by atoms with van der Waals surface area (Å²) in [7, 11) is 0. The van der Waals surface area contributed by atoms with Crippen LogP contribution in [0.25, 0.3) is 0 Å². The molecule has 4 saturated carbocycles. The number of ketones is 1. The molecule has 4 fully saturated rings. The Hall–Kier alpha value is -1.68. The summed E-state index contributed by atoms with van der Waals surface area (Å²) >= 11 is 0. The zero-order valence-corrected chi connectivity index (χ0v) is 15.0. The van der Waals surface area contributed by atoms with Gasteiger partial charge in [0.2, 0.25) is 5.78 Å². The lowest BCUT2D eigenvalue weighted by atomic mass is 9.48. The normalized spacial score (nSPS) is 36.9. The molecule has 5 rings (SSSR count). The van der Waals surface area contributed by atoms with E-state index in [0.717, 1.165) is 37.7 Å². The highest BCUT2D eigenvalue weighted by atomic mass is 16.5. The predicted molar refractivity (Wildman–Crippen MR) is 93.1 cm³/mol. The molecule has 4 aliphatic carbocycles. The van der Waals surface area contributed by atoms with Crippen LogP contribution in [0.1, 0.15) is 61.4 Å². The molecular weight excluding hydrogens is 316 g/mol. The molecule has 3 atom stereocenters. The summed E-state index contributed by atoms with van der Waals surface area (Å²) in [4.78, 5) is 25.5. The molecule has 134 valence electrons. The third-order valence-corrected chi connectivity index (χ3v) is 6.45. The van der Waals surface area contributed by atoms with Crippen LogP contribution in [0.4, 0.5) is 0 Å². The Kier molecular flexibility index (Phi) is 3.80. The highest BCUT2D eigenvalue weighted by Crippen LogP contribution is 2.62. The van der Waals surface area contributed by atoms with Crippen molar-refractivity contribution in [3.8, 4) is 0 Å². The van der Waals surface area contributed by atoms with Gasteiger partial charge in [0, 0.05) is 5.56 Å². The molecule has 1 aromatic rings. The first-order valence-corrected chi connectivity index (χ1v) is 9.33. The van der Waals surface area contributed by atoms with Crippen molar-refractivity contribution >= 4 is 11.8 Å². The largest absolute Gasteiger partial charge is 0.454 e. The third kappa shape index (κ3) is 2.91. The topological polar surface area (TPSA) is 63.6 Å². The Labute approximate surface area is 148 Å². The van der Waals surface area contributed by atoms with Gasteiger partial charge in [0.1, 0.15) is 0 Å². The average molecular weight is 342 g/mol. The van der Waals surface area contributed by atoms with Crippen molar-refractivity contribution in [2.24, 2.45) is 17.3 Å². The number of ether oxygens (including phenoxy) is 1. The lowest BCUT2D eigenvalue weighted by molar-refractivity contribution is -0.197. The van der Waals surface area contributed by atoms with Crippen molar-refractivity contribution in [3.63, 3.8) is 0 Å². The number of carbonyl (C=O) groups excluding carboxylic acids is 2. The number of aliphatic hydroxyl groups is 1. The lowest BCUT2D eigenvalue weighted by Crippen LogP contribution is -2.58. The van der Waals surface area contributed by atoms with Crippen molar-refractivity contribution < 1.29 is 19.4 Å². The highest BCUT2D eigenvalue weighted by Gasteiger charge is 2.61. The van der Waals surface area contributed by atoms with Crippen molar-refractivity contribution in [1.29, 1.82) is 0 Å². The summed E-state index contributed by atoms with van der Waals surface area (Å²) in [6, 6.07) is 7.32. The van der Waals surface area contributed by atoms with Crippen LogP contribution in [-0.4, -0.2) is 28.6 Å². The minimum atomic E-state index is -0.794. The van der Waals surface area contributed by atoms with Crippen LogP contribution in [0.2, 0.25) is 0 Å². The fourth-order valence-corrected chi connectivity index (χ4v) is 5.74. The molecule has 0 spiro atoms. The summed E-state index contributed by atoms with van der Waals surface area (Å²) in [6.45, 7) is 3.62. The number of hydrogen-bond acceptors (Lipinski definition) is 4. The van der Waals surface area contributed by atoms with Gasteiger partial charge in [-0.05, 0) is 64.2 Å². The molecule has 0 aromatic heterocycles. The zero-order valence-electron chi connectivity index (χ0n) is 15.0. The van der Waals surface area contributed by atoms with E-state index < -0.39 is 17.1 Å². The quantitative estimate of drug-likeness (QED) is 0.672. The van der Waals surface area contributed by atoms with E-state index in [1.54, 1.807) is 19.1 Å². The summed E-state index contributed by atoms with van der Waals surface area (Å²) < 4.78 is 5.63. The zero-order chi connectivity index (χ0) is 17.8. The first kappa shape index (κ1) is 16.8. The highest BCUT2D eigenvalue weighted by molar-refractivity contribution is 6.00. The maximum absolute atomic E-state index is 13.0. The maximum Gasteiger partial charge on any atom is 0.312 e. The minimum Gasteiger partial charge on any atom is -0.454 e. The molecule has 0 saturated heterocycles. The van der Waals surface area contributed by atoms with Gasteiger partial charge in [-0.15, -0.1) is 0 Å². The monoisotopic (exact) mass is 342 g/mol. The van der Waals surface area contributed by atoms with Crippen molar-refractivity contribution in [3.05, 3.63) is 35.4 Å². The number of aryl methyl sites for hydroxylation is 1. The minimum absolute atomic E-state index is 0.170. The summed E-state index contributed by atoms with van der Waals surface area (Å²) in [5.41, 5.74) is 0.367. The molecule has 4 bridgehead atoms. The Morgan fingerprint density at radius 1 is 1.12 bits per heavy atom. The van der Waals surface area contributed by atoms with Crippen LogP contribution < -0.4 is 0 Å². The van der Waals surface area contributed by atoms with E-state index in [0.29, 0.717) is 23.8 Å². The van der Waals surface area contributed by atoms with Gasteiger partial charge in [-0.3, -0.25) is 9.59 Å². The molecule has 4 nitrogen and oxygen atoms in total. The van der Waals surface area contributed by atoms with Gasteiger partial charge in [-0.1, -0.05) is 29.8 Å². The fraction of sp³-hybridized carbons (Fsp3) is 0.619. The van der Waals surface area contributed by atoms with E-state index in [1.165, 1.54) is 0 Å². The molecule has 0 aliphatic heterocycles. The van der Waals surface area contributed by atoms with Crippen LogP contribution in [0.5, 0.6) is 0 Å². The van der Waals surface area contributed by atoms with E-state index in [4.69, 9.17) is 4.74 Å². The van der Waals surface area contributed by atoms with E-state index in [-0.39, 0.29) is 11.8 Å². The van der Waals surface area contributed by atoms with E-state index >= 15 is 0 Å². The van der Waals surface area contributed by atoms with Crippen molar-refractivity contribution in [2.75, 3.05) is 0 Å². The Morgan fingerprint density at radius 2 is 1.72 bits per heavy atom. The van der Waals surface area contributed by atoms with E-state index in [1.807, 2.05) is 19.1 Å². The van der Waals surface area contributed by atoms with Gasteiger partial charge < -0.3 is 9.84 Å². The van der Waals surface area contributed by atoms with Crippen LogP contribution in [0.3, 0.4) is 0 Å². The molecule has 0 amide bonds. The van der Waals surface area contributed by atoms with Crippen LogP contribution >= 0.6 is 0 Å². The maximum atomic E-state index is 13.0. The van der Waals surface area contributed by atoms with Gasteiger partial charge >= 0.3 is 5.97 Å². The molecule has 0 radical (unpaired) electrons. The number of benzene rings is 1. The molecule has 0 heterocycles. The van der Waals surface area contributed by atoms with Crippen molar-refractivity contribution in [1.82, 2.24) is 0 Å². The summed E-state index contributed by atoms with van der Waals surface area (Å²) in [6.07, 6.45) is 4.06. The number of carbonyl (C=O) groups is 2. The summed E-state index contributed by atoms with van der Waals surface area (Å²) in [5.74, 6) is 0.383. The Bertz CT molecular complexity index is 691. The molecule has 4 aliphatic rings. The number of esters is 1. The van der Waals surface area contributed by atoms with E-state index in [9.17, 15) is 14.7 Å². The smallest absolute Gasteiger partial charge is 0.312 e. The van der Waals surface area contributed by atoms with Crippen molar-refractivity contribution in [2.45, 2.75) is 64.1 Å². The number of Topliss-reactive ketones (excluding diaryl/α,β-unsaturated/α-hetero) is 1. The van der Waals surface area contributed by atoms with Gasteiger partial charge in [0.15, 0.2) is 6.10 Å². The van der Waals surface area contributed by atoms with Gasteiger partial charge in [0.25, 0.3) is 0 Å². The van der Waals surface area contributed by atoms with Crippen LogP contribution in [0.15, 0.2) is 24.3 Å². The fourth-order valence-electron chi connectivity index (χ4n) is 5.74. The first-order chi connectivity index (χ1) is 11.8. The van der Waals surface area contributed by atoms with Crippen LogP contribution in [-0.2, 0) is 9.53 Å². The third-order valence-electron chi connectivity index (χ3n) is 6.45.